The van der Waals surface area contributed by atoms with E-state index in [2.05, 4.69) is 30.9 Å². The van der Waals surface area contributed by atoms with Gasteiger partial charge in [0.25, 0.3) is 0 Å². The van der Waals surface area contributed by atoms with Crippen LogP contribution in [0.5, 0.6) is 0 Å². The van der Waals surface area contributed by atoms with E-state index in [9.17, 15) is 4.79 Å². The summed E-state index contributed by atoms with van der Waals surface area (Å²) in [7, 11) is 2.09. The Morgan fingerprint density at radius 3 is 2.78 bits per heavy atom. The molecule has 1 aliphatic rings. The van der Waals surface area contributed by atoms with E-state index in [0.717, 1.165) is 19.6 Å². The maximum absolute atomic E-state index is 12.2. The van der Waals surface area contributed by atoms with Crippen LogP contribution in [0.15, 0.2) is 12.3 Å². The fourth-order valence-corrected chi connectivity index (χ4v) is 2.16. The highest BCUT2D eigenvalue weighted by Crippen LogP contribution is 2.18. The zero-order chi connectivity index (χ0) is 13.3. The van der Waals surface area contributed by atoms with Gasteiger partial charge < -0.3 is 10.6 Å². The van der Waals surface area contributed by atoms with Gasteiger partial charge in [-0.05, 0) is 27.0 Å². The van der Waals surface area contributed by atoms with Crippen LogP contribution in [0.1, 0.15) is 13.8 Å². The Morgan fingerprint density at radius 1 is 1.50 bits per heavy atom. The fraction of sp³-hybridized carbons (Fsp3) is 0.667. The highest BCUT2D eigenvalue weighted by atomic mass is 16.2. The normalized spacial score (nSPS) is 20.1. The maximum Gasteiger partial charge on any atom is 0.244 e. The molecule has 1 saturated heterocycles. The van der Waals surface area contributed by atoms with Gasteiger partial charge in [-0.3, -0.25) is 14.4 Å². The minimum atomic E-state index is 0.0249. The number of likely N-dealkylation sites (N-methyl/N-ethyl adjacent to an activating group) is 1. The molecule has 0 saturated carbocycles. The van der Waals surface area contributed by atoms with Gasteiger partial charge in [-0.25, -0.2) is 0 Å². The second-order valence-electron chi connectivity index (χ2n) is 5.49. The zero-order valence-corrected chi connectivity index (χ0v) is 11.3. The van der Waals surface area contributed by atoms with Crippen LogP contribution in [-0.4, -0.2) is 57.7 Å². The molecule has 100 valence electrons. The number of nitrogen functional groups attached to an aromatic ring is 1. The van der Waals surface area contributed by atoms with Crippen LogP contribution in [0.4, 0.5) is 5.82 Å². The van der Waals surface area contributed by atoms with Crippen molar-refractivity contribution in [1.29, 1.82) is 0 Å². The first-order valence-electron chi connectivity index (χ1n) is 6.16. The summed E-state index contributed by atoms with van der Waals surface area (Å²) in [4.78, 5) is 16.4. The van der Waals surface area contributed by atoms with Gasteiger partial charge in [0.15, 0.2) is 0 Å². The molecule has 0 atom stereocenters. The second-order valence-corrected chi connectivity index (χ2v) is 5.49. The number of nitrogens with zero attached hydrogens (tertiary/aromatic N) is 4. The first-order valence-corrected chi connectivity index (χ1v) is 6.16. The number of carbonyl (C=O) groups is 1. The van der Waals surface area contributed by atoms with Crippen LogP contribution >= 0.6 is 0 Å². The van der Waals surface area contributed by atoms with Gasteiger partial charge in [0.05, 0.1) is 0 Å². The number of hydrogen-bond donors (Lipinski definition) is 1. The molecular weight excluding hydrogens is 230 g/mol. The minimum absolute atomic E-state index is 0.0249. The average Bonchev–Trinajstić information content (AvgIpc) is 2.68. The lowest BCUT2D eigenvalue weighted by atomic mass is 10.00. The number of nitrogens with two attached hydrogens (primary N) is 1. The van der Waals surface area contributed by atoms with Crippen LogP contribution < -0.4 is 5.73 Å². The molecule has 18 heavy (non-hydrogen) atoms. The molecule has 0 spiro atoms. The highest BCUT2D eigenvalue weighted by Gasteiger charge is 2.33. The van der Waals surface area contributed by atoms with Crippen LogP contribution in [-0.2, 0) is 11.3 Å². The molecule has 0 unspecified atom stereocenters. The molecule has 6 heteroatoms. The Labute approximate surface area is 107 Å². The molecule has 0 aromatic carbocycles. The SMILES string of the molecule is CN1CCN(C(=O)Cn2ccc(N)n2)CC1(C)C. The van der Waals surface area contributed by atoms with E-state index < -0.39 is 0 Å². The van der Waals surface area contributed by atoms with E-state index >= 15 is 0 Å². The molecule has 2 N–H and O–H groups in total. The van der Waals surface area contributed by atoms with Gasteiger partial charge in [-0.2, -0.15) is 5.10 Å². The standard InChI is InChI=1S/C12H21N5O/c1-12(2)9-16(7-6-15(12)3)11(18)8-17-5-4-10(13)14-17/h4-5H,6-9H2,1-3H3,(H2,13,14). The fourth-order valence-electron chi connectivity index (χ4n) is 2.16. The quantitative estimate of drug-likeness (QED) is 0.804. The third kappa shape index (κ3) is 2.64. The first-order chi connectivity index (χ1) is 8.38. The average molecular weight is 251 g/mol. The molecule has 1 aliphatic heterocycles. The number of rotatable bonds is 2. The van der Waals surface area contributed by atoms with Crippen molar-refractivity contribution in [3.8, 4) is 0 Å². The second kappa shape index (κ2) is 4.61. The molecule has 2 rings (SSSR count). The topological polar surface area (TPSA) is 67.4 Å². The largest absolute Gasteiger partial charge is 0.382 e. The summed E-state index contributed by atoms with van der Waals surface area (Å²) >= 11 is 0. The Balaban J connectivity index is 1.98. The van der Waals surface area contributed by atoms with Crippen molar-refractivity contribution in [2.45, 2.75) is 25.9 Å². The Hall–Kier alpha value is -1.56. The molecule has 1 fully saturated rings. The lowest BCUT2D eigenvalue weighted by molar-refractivity contribution is -0.136. The van der Waals surface area contributed by atoms with Crippen molar-refractivity contribution >= 4 is 11.7 Å². The van der Waals surface area contributed by atoms with E-state index in [4.69, 9.17) is 5.73 Å². The third-order valence-electron chi connectivity index (χ3n) is 3.63. The predicted molar refractivity (Wildman–Crippen MR) is 69.9 cm³/mol. The highest BCUT2D eigenvalue weighted by molar-refractivity contribution is 5.76. The summed E-state index contributed by atoms with van der Waals surface area (Å²) in [5, 5.41) is 4.03. The number of anilines is 1. The van der Waals surface area contributed by atoms with Gasteiger partial charge in [0, 0.05) is 31.4 Å². The minimum Gasteiger partial charge on any atom is -0.382 e. The van der Waals surface area contributed by atoms with Gasteiger partial charge >= 0.3 is 0 Å². The summed E-state index contributed by atoms with van der Waals surface area (Å²) in [6, 6.07) is 1.70. The number of carbonyl (C=O) groups excluding carboxylic acids is 1. The number of piperazine rings is 1. The monoisotopic (exact) mass is 251 g/mol. The van der Waals surface area contributed by atoms with Crippen LogP contribution in [0, 0.1) is 0 Å². The van der Waals surface area contributed by atoms with Gasteiger partial charge in [-0.1, -0.05) is 0 Å². The Bertz CT molecular complexity index is 439. The third-order valence-corrected chi connectivity index (χ3v) is 3.63. The smallest absolute Gasteiger partial charge is 0.244 e. The summed E-state index contributed by atoms with van der Waals surface area (Å²) in [6.07, 6.45) is 1.73. The predicted octanol–water partition coefficient (Wildman–Crippen LogP) is 0.0179. The lowest BCUT2D eigenvalue weighted by Crippen LogP contribution is -2.59. The van der Waals surface area contributed by atoms with Crippen molar-refractivity contribution in [2.75, 3.05) is 32.4 Å². The summed E-state index contributed by atoms with van der Waals surface area (Å²) in [5.41, 5.74) is 5.56. The number of hydrogen-bond acceptors (Lipinski definition) is 4. The van der Waals surface area contributed by atoms with Crippen molar-refractivity contribution in [3.05, 3.63) is 12.3 Å². The van der Waals surface area contributed by atoms with Crippen LogP contribution in [0.25, 0.3) is 0 Å². The molecule has 0 bridgehead atoms. The molecule has 1 amide bonds. The molecule has 0 radical (unpaired) electrons. The number of amides is 1. The Kier molecular flexibility index (Phi) is 3.30. The van der Waals surface area contributed by atoms with Gasteiger partial charge in [0.2, 0.25) is 5.91 Å². The molecular formula is C12H21N5O. The summed E-state index contributed by atoms with van der Waals surface area (Å²) in [6.45, 7) is 6.99. The van der Waals surface area contributed by atoms with E-state index in [-0.39, 0.29) is 18.0 Å². The molecule has 1 aromatic heterocycles. The van der Waals surface area contributed by atoms with Crippen LogP contribution in [0.3, 0.4) is 0 Å². The molecule has 0 aliphatic carbocycles. The van der Waals surface area contributed by atoms with E-state index in [1.54, 1.807) is 16.9 Å². The lowest BCUT2D eigenvalue weighted by Gasteiger charge is -2.45. The summed E-state index contributed by atoms with van der Waals surface area (Å²) < 4.78 is 1.59. The van der Waals surface area contributed by atoms with E-state index in [1.807, 2.05) is 4.90 Å². The van der Waals surface area contributed by atoms with Gasteiger partial charge in [-0.15, -0.1) is 0 Å². The molecule has 1 aromatic rings. The van der Waals surface area contributed by atoms with Crippen molar-refractivity contribution in [3.63, 3.8) is 0 Å². The van der Waals surface area contributed by atoms with Crippen molar-refractivity contribution < 1.29 is 4.79 Å². The molecule has 6 nitrogen and oxygen atoms in total. The van der Waals surface area contributed by atoms with Crippen molar-refractivity contribution in [1.82, 2.24) is 19.6 Å². The Morgan fingerprint density at radius 2 is 2.22 bits per heavy atom. The van der Waals surface area contributed by atoms with Crippen LogP contribution in [0.2, 0.25) is 0 Å². The summed E-state index contributed by atoms with van der Waals surface area (Å²) in [5.74, 6) is 0.542. The van der Waals surface area contributed by atoms with Crippen molar-refractivity contribution in [2.24, 2.45) is 0 Å². The van der Waals surface area contributed by atoms with E-state index in [0.29, 0.717) is 5.82 Å². The molecule has 2 heterocycles. The van der Waals surface area contributed by atoms with Gasteiger partial charge in [0.1, 0.15) is 12.4 Å². The van der Waals surface area contributed by atoms with E-state index in [1.165, 1.54) is 0 Å². The first kappa shape index (κ1) is 12.9. The zero-order valence-electron chi connectivity index (χ0n) is 11.3. The number of aromatic nitrogens is 2. The maximum atomic E-state index is 12.2.